The normalized spacial score (nSPS) is 14.9. The average Bonchev–Trinajstić information content (AvgIpc) is 3.53. The maximum Gasteiger partial charge on any atom is 0.255 e. The van der Waals surface area contributed by atoms with E-state index in [0.29, 0.717) is 56.3 Å². The number of benzene rings is 3. The van der Waals surface area contributed by atoms with Gasteiger partial charge in [0.2, 0.25) is 10.0 Å². The van der Waals surface area contributed by atoms with E-state index >= 15 is 0 Å². The highest BCUT2D eigenvalue weighted by Gasteiger charge is 2.32. The number of hydrogen-bond acceptors (Lipinski definition) is 7. The molecular weight excluding hydrogens is 537 g/mol. The zero-order valence-corrected chi connectivity index (χ0v) is 22.6. The quantitative estimate of drug-likeness (QED) is 0.325. The molecule has 0 saturated heterocycles. The Labute approximate surface area is 229 Å². The van der Waals surface area contributed by atoms with Crippen LogP contribution in [0, 0.1) is 5.82 Å². The van der Waals surface area contributed by atoms with Gasteiger partial charge in [0.25, 0.3) is 5.91 Å². The van der Waals surface area contributed by atoms with Gasteiger partial charge in [-0.3, -0.25) is 9.10 Å². The Morgan fingerprint density at radius 1 is 1.10 bits per heavy atom. The molecule has 1 aliphatic heterocycles. The van der Waals surface area contributed by atoms with E-state index in [4.69, 9.17) is 9.15 Å². The van der Waals surface area contributed by atoms with Crippen molar-refractivity contribution in [2.45, 2.75) is 19.5 Å². The first-order valence-electron chi connectivity index (χ1n) is 12.4. The lowest BCUT2D eigenvalue weighted by atomic mass is 9.99. The number of nitrogens with zero attached hydrogens (tertiary/aromatic N) is 4. The zero-order chi connectivity index (χ0) is 28.2. The lowest BCUT2D eigenvalue weighted by molar-refractivity contribution is 0.0964. The van der Waals surface area contributed by atoms with Crippen LogP contribution in [0.2, 0.25) is 0 Å². The molecule has 0 unspecified atom stereocenters. The van der Waals surface area contributed by atoms with Crippen LogP contribution in [0.15, 0.2) is 71.3 Å². The monoisotopic (exact) mass is 561 g/mol. The highest BCUT2D eigenvalue weighted by atomic mass is 32.2. The van der Waals surface area contributed by atoms with Crippen molar-refractivity contribution in [2.24, 2.45) is 0 Å². The third kappa shape index (κ3) is 4.35. The van der Waals surface area contributed by atoms with Gasteiger partial charge in [-0.25, -0.2) is 17.5 Å². The first kappa shape index (κ1) is 25.6. The molecule has 10 nitrogen and oxygen atoms in total. The van der Waals surface area contributed by atoms with Crippen LogP contribution in [-0.4, -0.2) is 42.6 Å². The number of nitrogens with one attached hydrogen (secondary N) is 1. The van der Waals surface area contributed by atoms with Crippen molar-refractivity contribution in [1.29, 1.82) is 0 Å². The number of halogens is 1. The molecule has 0 radical (unpaired) electrons. The number of carbonyl (C=O) groups excluding carboxylic acids is 1. The van der Waals surface area contributed by atoms with Gasteiger partial charge in [0.15, 0.2) is 0 Å². The molecule has 1 amide bonds. The van der Waals surface area contributed by atoms with Crippen LogP contribution in [0.4, 0.5) is 10.1 Å². The third-order valence-electron chi connectivity index (χ3n) is 6.90. The van der Waals surface area contributed by atoms with Crippen molar-refractivity contribution < 1.29 is 26.8 Å². The van der Waals surface area contributed by atoms with Gasteiger partial charge in [0, 0.05) is 29.6 Å². The summed E-state index contributed by atoms with van der Waals surface area (Å²) in [5.74, 6) is 0.597. The second-order valence-corrected chi connectivity index (χ2v) is 11.4. The molecule has 5 aromatic rings. The van der Waals surface area contributed by atoms with Crippen molar-refractivity contribution in [3.63, 3.8) is 0 Å². The number of sulfonamides is 1. The second-order valence-electron chi connectivity index (χ2n) is 9.49. The number of amides is 1. The van der Waals surface area contributed by atoms with Crippen molar-refractivity contribution in [1.82, 2.24) is 20.3 Å². The van der Waals surface area contributed by atoms with Crippen molar-refractivity contribution >= 4 is 32.6 Å². The number of anilines is 1. The van der Waals surface area contributed by atoms with E-state index in [9.17, 15) is 17.6 Å². The Morgan fingerprint density at radius 2 is 1.77 bits per heavy atom. The van der Waals surface area contributed by atoms with Gasteiger partial charge >= 0.3 is 0 Å². The number of fused-ring (bicyclic) bond motifs is 3. The van der Waals surface area contributed by atoms with Crippen LogP contribution in [0.3, 0.4) is 0 Å². The van der Waals surface area contributed by atoms with E-state index in [1.807, 2.05) is 6.92 Å². The molecule has 0 saturated carbocycles. The van der Waals surface area contributed by atoms with Crippen LogP contribution in [0.25, 0.3) is 22.3 Å². The van der Waals surface area contributed by atoms with Gasteiger partial charge in [-0.15, -0.1) is 5.10 Å². The van der Waals surface area contributed by atoms with Gasteiger partial charge in [-0.05, 0) is 61.5 Å². The predicted molar refractivity (Wildman–Crippen MR) is 146 cm³/mol. The van der Waals surface area contributed by atoms with Crippen molar-refractivity contribution in [3.8, 4) is 22.8 Å². The van der Waals surface area contributed by atoms with Gasteiger partial charge in [-0.1, -0.05) is 5.21 Å². The van der Waals surface area contributed by atoms with E-state index in [1.54, 1.807) is 47.3 Å². The summed E-state index contributed by atoms with van der Waals surface area (Å²) in [6, 6.07) is 15.7. The van der Waals surface area contributed by atoms with Crippen LogP contribution < -0.4 is 14.4 Å². The number of rotatable bonds is 5. The molecule has 6 rings (SSSR count). The van der Waals surface area contributed by atoms with Crippen LogP contribution in [0.1, 0.15) is 34.6 Å². The lowest BCUT2D eigenvalue weighted by Gasteiger charge is -2.22. The fraction of sp³-hybridized carbons (Fsp3) is 0.179. The maximum absolute atomic E-state index is 13.2. The highest BCUT2D eigenvalue weighted by molar-refractivity contribution is 7.92. The van der Waals surface area contributed by atoms with Crippen LogP contribution >= 0.6 is 0 Å². The molecule has 0 spiro atoms. The standard InChI is InChI=1S/C28H24FN5O5S/c1-16-22-12-23-25(13-24(22)33(40(3,36)37)15-19-14-31-32-34(16)19)39-27(26(23)28(35)30-2)17-4-8-20(9-5-17)38-21-10-6-18(29)7-11-21/h4-14,16H,15H2,1-3H3,(H,30,35)/t16-/m0/s1. The summed E-state index contributed by atoms with van der Waals surface area (Å²) in [5.41, 5.74) is 3.03. The summed E-state index contributed by atoms with van der Waals surface area (Å²) in [5, 5.41) is 11.4. The first-order valence-corrected chi connectivity index (χ1v) is 14.2. The Morgan fingerprint density at radius 3 is 2.42 bits per heavy atom. The number of aromatic nitrogens is 3. The minimum atomic E-state index is -3.68. The molecule has 0 fully saturated rings. The molecule has 3 heterocycles. The second kappa shape index (κ2) is 9.49. The number of carbonyl (C=O) groups is 1. The molecule has 2 aromatic heterocycles. The van der Waals surface area contributed by atoms with Gasteiger partial charge < -0.3 is 14.5 Å². The molecule has 3 aromatic carbocycles. The summed E-state index contributed by atoms with van der Waals surface area (Å²) in [6.45, 7) is 1.95. The number of ether oxygens (including phenoxy) is 1. The van der Waals surface area contributed by atoms with E-state index in [2.05, 4.69) is 15.6 Å². The summed E-state index contributed by atoms with van der Waals surface area (Å²) >= 11 is 0. The van der Waals surface area contributed by atoms with Crippen LogP contribution in [-0.2, 0) is 16.6 Å². The summed E-state index contributed by atoms with van der Waals surface area (Å²) < 4.78 is 53.9. The molecule has 204 valence electrons. The smallest absolute Gasteiger partial charge is 0.255 e. The third-order valence-corrected chi connectivity index (χ3v) is 8.02. The minimum absolute atomic E-state index is 0.0556. The highest BCUT2D eigenvalue weighted by Crippen LogP contribution is 2.42. The van der Waals surface area contributed by atoms with E-state index in [-0.39, 0.29) is 24.3 Å². The van der Waals surface area contributed by atoms with Gasteiger partial charge in [-0.2, -0.15) is 0 Å². The molecular formula is C28H24FN5O5S. The van der Waals surface area contributed by atoms with Crippen LogP contribution in [0.5, 0.6) is 11.5 Å². The Kier molecular flexibility index (Phi) is 6.06. The number of furan rings is 1. The Balaban J connectivity index is 1.49. The van der Waals surface area contributed by atoms with E-state index in [0.717, 1.165) is 6.26 Å². The minimum Gasteiger partial charge on any atom is -0.457 e. The number of hydrogen-bond donors (Lipinski definition) is 1. The SMILES string of the molecule is CNC(=O)c1c(-c2ccc(Oc3ccc(F)cc3)cc2)oc2cc3c(cc12)[C@H](C)n1nncc1CN3S(C)(=O)=O. The average molecular weight is 562 g/mol. The molecule has 40 heavy (non-hydrogen) atoms. The summed E-state index contributed by atoms with van der Waals surface area (Å²) in [4.78, 5) is 13.2. The molecule has 1 atom stereocenters. The first-order chi connectivity index (χ1) is 19.1. The summed E-state index contributed by atoms with van der Waals surface area (Å²) in [7, 11) is -2.14. The Hall–Kier alpha value is -4.71. The molecule has 0 aliphatic carbocycles. The zero-order valence-electron chi connectivity index (χ0n) is 21.8. The van der Waals surface area contributed by atoms with Gasteiger partial charge in [0.05, 0.1) is 42.0 Å². The molecule has 1 N–H and O–H groups in total. The topological polar surface area (TPSA) is 120 Å². The summed E-state index contributed by atoms with van der Waals surface area (Å²) in [6.07, 6.45) is 2.69. The van der Waals surface area contributed by atoms with Crippen molar-refractivity contribution in [2.75, 3.05) is 17.6 Å². The largest absolute Gasteiger partial charge is 0.457 e. The Bertz CT molecular complexity index is 1860. The predicted octanol–water partition coefficient (Wildman–Crippen LogP) is 4.87. The van der Waals surface area contributed by atoms with E-state index in [1.165, 1.54) is 35.6 Å². The van der Waals surface area contributed by atoms with Gasteiger partial charge in [0.1, 0.15) is 28.7 Å². The van der Waals surface area contributed by atoms with E-state index < -0.39 is 10.0 Å². The fourth-order valence-corrected chi connectivity index (χ4v) is 5.81. The lowest BCUT2D eigenvalue weighted by Crippen LogP contribution is -2.29. The molecule has 1 aliphatic rings. The molecule has 12 heteroatoms. The maximum atomic E-state index is 13.2. The van der Waals surface area contributed by atoms with Crippen molar-refractivity contribution in [3.05, 3.63) is 89.5 Å². The molecule has 0 bridgehead atoms. The fourth-order valence-electron chi connectivity index (χ4n) is 4.93.